The molecule has 1 aromatic carbocycles. The van der Waals surface area contributed by atoms with E-state index in [1.165, 1.54) is 6.42 Å². The predicted octanol–water partition coefficient (Wildman–Crippen LogP) is 1.72. The Morgan fingerprint density at radius 1 is 1.24 bits per heavy atom. The number of rotatable bonds is 7. The second-order valence-corrected chi connectivity index (χ2v) is 9.13. The zero-order valence-corrected chi connectivity index (χ0v) is 16.7. The molecule has 2 atom stereocenters. The fourth-order valence-corrected chi connectivity index (χ4v) is 4.67. The molecule has 0 saturated heterocycles. The standard InChI is InChI=1S/C17H28N4O2S2/c1-13-4-8-16(9-5-13)25(22,23)20-11-10-19-17(18-2)21-14-6-7-15(12-14)24-3/h4-5,8-9,14-15,20H,6-7,10-12H2,1-3H3,(H2,18,19,21). The second-order valence-electron chi connectivity index (χ2n) is 6.22. The molecule has 0 amide bonds. The molecule has 0 bridgehead atoms. The summed E-state index contributed by atoms with van der Waals surface area (Å²) in [4.78, 5) is 4.50. The number of aliphatic imine (C=N–C) groups is 1. The van der Waals surface area contributed by atoms with Crippen molar-refractivity contribution >= 4 is 27.7 Å². The van der Waals surface area contributed by atoms with Gasteiger partial charge in [0.05, 0.1) is 4.90 Å². The number of nitrogens with zero attached hydrogens (tertiary/aromatic N) is 1. The molecule has 1 saturated carbocycles. The van der Waals surface area contributed by atoms with Crippen LogP contribution in [0.5, 0.6) is 0 Å². The first kappa shape index (κ1) is 20.1. The molecule has 1 aromatic rings. The molecule has 0 aromatic heterocycles. The minimum atomic E-state index is -3.47. The van der Waals surface area contributed by atoms with E-state index in [1.54, 1.807) is 31.3 Å². The Labute approximate surface area is 155 Å². The van der Waals surface area contributed by atoms with Crippen molar-refractivity contribution in [1.29, 1.82) is 0 Å². The Bertz CT molecular complexity index is 674. The summed E-state index contributed by atoms with van der Waals surface area (Å²) >= 11 is 1.92. The first-order chi connectivity index (χ1) is 11.9. The topological polar surface area (TPSA) is 82.6 Å². The van der Waals surface area contributed by atoms with Crippen LogP contribution in [0.4, 0.5) is 0 Å². The second kappa shape index (κ2) is 9.45. The van der Waals surface area contributed by atoms with Crippen molar-refractivity contribution in [3.05, 3.63) is 29.8 Å². The van der Waals surface area contributed by atoms with Gasteiger partial charge in [-0.2, -0.15) is 11.8 Å². The SMILES string of the molecule is CN=C(NCCNS(=O)(=O)c1ccc(C)cc1)NC1CCC(SC)C1. The predicted molar refractivity (Wildman–Crippen MR) is 106 cm³/mol. The first-order valence-corrected chi connectivity index (χ1v) is 11.3. The molecule has 2 rings (SSSR count). The van der Waals surface area contributed by atoms with Crippen molar-refractivity contribution in [3.8, 4) is 0 Å². The van der Waals surface area contributed by atoms with Crippen molar-refractivity contribution in [2.75, 3.05) is 26.4 Å². The molecule has 1 fully saturated rings. The van der Waals surface area contributed by atoms with Crippen molar-refractivity contribution in [1.82, 2.24) is 15.4 Å². The van der Waals surface area contributed by atoms with Crippen LogP contribution in [0.3, 0.4) is 0 Å². The summed E-state index contributed by atoms with van der Waals surface area (Å²) < 4.78 is 27.0. The van der Waals surface area contributed by atoms with Crippen LogP contribution in [0.25, 0.3) is 0 Å². The largest absolute Gasteiger partial charge is 0.355 e. The van der Waals surface area contributed by atoms with Gasteiger partial charge in [0.15, 0.2) is 5.96 Å². The summed E-state index contributed by atoms with van der Waals surface area (Å²) in [6.07, 6.45) is 5.67. The maximum atomic E-state index is 12.2. The highest BCUT2D eigenvalue weighted by Crippen LogP contribution is 2.27. The van der Waals surface area contributed by atoms with Gasteiger partial charge in [-0.3, -0.25) is 4.99 Å². The molecule has 1 aliphatic carbocycles. The van der Waals surface area contributed by atoms with Crippen LogP contribution in [-0.2, 0) is 10.0 Å². The summed E-state index contributed by atoms with van der Waals surface area (Å²) in [6, 6.07) is 7.26. The fourth-order valence-electron chi connectivity index (χ4n) is 2.84. The summed E-state index contributed by atoms with van der Waals surface area (Å²) in [7, 11) is -1.74. The molecule has 25 heavy (non-hydrogen) atoms. The van der Waals surface area contributed by atoms with Crippen LogP contribution >= 0.6 is 11.8 Å². The number of hydrogen-bond acceptors (Lipinski definition) is 4. The molecule has 0 heterocycles. The van der Waals surface area contributed by atoms with E-state index in [0.717, 1.165) is 29.6 Å². The van der Waals surface area contributed by atoms with Crippen molar-refractivity contribution in [3.63, 3.8) is 0 Å². The molecular formula is C17H28N4O2S2. The van der Waals surface area contributed by atoms with Gasteiger partial charge in [-0.1, -0.05) is 17.7 Å². The van der Waals surface area contributed by atoms with Gasteiger partial charge in [-0.15, -0.1) is 0 Å². The Morgan fingerprint density at radius 3 is 2.56 bits per heavy atom. The highest BCUT2D eigenvalue weighted by molar-refractivity contribution is 7.99. The maximum Gasteiger partial charge on any atom is 0.240 e. The normalized spacial score (nSPS) is 21.3. The highest BCUT2D eigenvalue weighted by Gasteiger charge is 2.24. The Balaban J connectivity index is 1.74. The molecular weight excluding hydrogens is 356 g/mol. The van der Waals surface area contributed by atoms with Crippen molar-refractivity contribution < 1.29 is 8.42 Å². The smallest absolute Gasteiger partial charge is 0.240 e. The number of aryl methyl sites for hydroxylation is 1. The van der Waals surface area contributed by atoms with E-state index in [1.807, 2.05) is 18.7 Å². The molecule has 0 spiro atoms. The van der Waals surface area contributed by atoms with Crippen LogP contribution < -0.4 is 15.4 Å². The molecule has 0 radical (unpaired) electrons. The van der Waals surface area contributed by atoms with E-state index in [2.05, 4.69) is 26.6 Å². The maximum absolute atomic E-state index is 12.2. The third kappa shape index (κ3) is 6.20. The number of benzene rings is 1. The van der Waals surface area contributed by atoms with Crippen LogP contribution in [0, 0.1) is 6.92 Å². The first-order valence-electron chi connectivity index (χ1n) is 8.51. The van der Waals surface area contributed by atoms with E-state index in [9.17, 15) is 8.42 Å². The van der Waals surface area contributed by atoms with E-state index in [0.29, 0.717) is 19.1 Å². The zero-order valence-electron chi connectivity index (χ0n) is 15.1. The van der Waals surface area contributed by atoms with Gasteiger partial charge in [0.25, 0.3) is 0 Å². The van der Waals surface area contributed by atoms with Gasteiger partial charge >= 0.3 is 0 Å². The average Bonchev–Trinajstić information content (AvgIpc) is 3.05. The zero-order chi connectivity index (χ0) is 18.3. The number of hydrogen-bond donors (Lipinski definition) is 3. The lowest BCUT2D eigenvalue weighted by molar-refractivity contribution is 0.578. The Morgan fingerprint density at radius 2 is 1.96 bits per heavy atom. The lowest BCUT2D eigenvalue weighted by Gasteiger charge is -2.17. The van der Waals surface area contributed by atoms with Crippen molar-refractivity contribution in [2.45, 2.75) is 42.4 Å². The van der Waals surface area contributed by atoms with Gasteiger partial charge in [0, 0.05) is 31.4 Å². The van der Waals surface area contributed by atoms with Crippen LogP contribution in [0.2, 0.25) is 0 Å². The molecule has 140 valence electrons. The van der Waals surface area contributed by atoms with Gasteiger partial charge in [0.2, 0.25) is 10.0 Å². The third-order valence-corrected chi connectivity index (χ3v) is 6.89. The molecule has 8 heteroatoms. The van der Waals surface area contributed by atoms with E-state index in [4.69, 9.17) is 0 Å². The number of thioether (sulfide) groups is 1. The van der Waals surface area contributed by atoms with Crippen LogP contribution in [0.1, 0.15) is 24.8 Å². The summed E-state index contributed by atoms with van der Waals surface area (Å²) in [6.45, 7) is 2.70. The number of nitrogens with one attached hydrogen (secondary N) is 3. The molecule has 1 aliphatic rings. The lowest BCUT2D eigenvalue weighted by Crippen LogP contribution is -2.45. The molecule has 6 nitrogen and oxygen atoms in total. The quantitative estimate of drug-likeness (QED) is 0.379. The lowest BCUT2D eigenvalue weighted by atomic mass is 10.2. The molecule has 2 unspecified atom stereocenters. The fraction of sp³-hybridized carbons (Fsp3) is 0.588. The molecule has 0 aliphatic heterocycles. The number of sulfonamides is 1. The van der Waals surface area contributed by atoms with Crippen molar-refractivity contribution in [2.24, 2.45) is 4.99 Å². The molecule has 3 N–H and O–H groups in total. The van der Waals surface area contributed by atoms with E-state index < -0.39 is 10.0 Å². The minimum Gasteiger partial charge on any atom is -0.355 e. The van der Waals surface area contributed by atoms with Gasteiger partial charge in [0.1, 0.15) is 0 Å². The van der Waals surface area contributed by atoms with Gasteiger partial charge < -0.3 is 10.6 Å². The van der Waals surface area contributed by atoms with Gasteiger partial charge in [-0.05, 0) is 44.6 Å². The van der Waals surface area contributed by atoms with Crippen LogP contribution in [-0.4, -0.2) is 52.1 Å². The average molecular weight is 385 g/mol. The number of guanidine groups is 1. The Kier molecular flexibility index (Phi) is 7.58. The Hall–Kier alpha value is -1.25. The summed E-state index contributed by atoms with van der Waals surface area (Å²) in [5.41, 5.74) is 1.03. The van der Waals surface area contributed by atoms with Gasteiger partial charge in [-0.25, -0.2) is 13.1 Å². The van der Waals surface area contributed by atoms with E-state index >= 15 is 0 Å². The summed E-state index contributed by atoms with van der Waals surface area (Å²) in [5.74, 6) is 0.723. The summed E-state index contributed by atoms with van der Waals surface area (Å²) in [5, 5.41) is 7.30. The van der Waals surface area contributed by atoms with Crippen LogP contribution in [0.15, 0.2) is 34.2 Å². The minimum absolute atomic E-state index is 0.287. The monoisotopic (exact) mass is 384 g/mol. The third-order valence-electron chi connectivity index (χ3n) is 4.32. The highest BCUT2D eigenvalue weighted by atomic mass is 32.2. The van der Waals surface area contributed by atoms with E-state index in [-0.39, 0.29) is 4.90 Å².